The summed E-state index contributed by atoms with van der Waals surface area (Å²) in [6.45, 7) is 4.57. The highest BCUT2D eigenvalue weighted by atomic mass is 79.9. The third kappa shape index (κ3) is 4.26. The van der Waals surface area contributed by atoms with Crippen LogP contribution in [0.25, 0.3) is 0 Å². The number of para-hydroxylation sites is 1. The average Bonchev–Trinajstić information content (AvgIpc) is 2.55. The zero-order chi connectivity index (χ0) is 16.8. The molecule has 0 aliphatic carbocycles. The van der Waals surface area contributed by atoms with Gasteiger partial charge >= 0.3 is 0 Å². The van der Waals surface area contributed by atoms with Crippen molar-refractivity contribution >= 4 is 27.5 Å². The monoisotopic (exact) mass is 377 g/mol. The molecule has 23 heavy (non-hydrogen) atoms. The number of methoxy groups -OCH3 is 1. The summed E-state index contributed by atoms with van der Waals surface area (Å²) in [6, 6.07) is 11.1. The standard InChI is InChI=1S/C18H20BrNO3/c1-4-9-23-17-14(19)10-13(11-16(17)22-3)18(21)20-15-8-6-5-7-12(15)2/h5-8,10-11H,4,9H2,1-3H3,(H,20,21). The van der Waals surface area contributed by atoms with Crippen molar-refractivity contribution < 1.29 is 14.3 Å². The molecule has 2 aromatic rings. The van der Waals surface area contributed by atoms with Crippen LogP contribution in [-0.2, 0) is 0 Å². The highest BCUT2D eigenvalue weighted by Gasteiger charge is 2.16. The van der Waals surface area contributed by atoms with Gasteiger partial charge in [-0.15, -0.1) is 0 Å². The Morgan fingerprint density at radius 1 is 1.26 bits per heavy atom. The van der Waals surface area contributed by atoms with Crippen molar-refractivity contribution in [2.24, 2.45) is 0 Å². The number of hydrogen-bond acceptors (Lipinski definition) is 3. The Balaban J connectivity index is 2.27. The van der Waals surface area contributed by atoms with E-state index in [-0.39, 0.29) is 5.91 Å². The molecule has 2 rings (SSSR count). The van der Waals surface area contributed by atoms with Crippen LogP contribution in [0.4, 0.5) is 5.69 Å². The van der Waals surface area contributed by atoms with Gasteiger partial charge in [-0.3, -0.25) is 4.79 Å². The summed E-state index contributed by atoms with van der Waals surface area (Å²) in [5.41, 5.74) is 2.30. The summed E-state index contributed by atoms with van der Waals surface area (Å²) in [5.74, 6) is 0.949. The molecule has 0 unspecified atom stereocenters. The number of rotatable bonds is 6. The van der Waals surface area contributed by atoms with E-state index >= 15 is 0 Å². The molecule has 0 aliphatic rings. The zero-order valence-corrected chi connectivity index (χ0v) is 15.1. The summed E-state index contributed by atoms with van der Waals surface area (Å²) in [4.78, 5) is 12.5. The average molecular weight is 378 g/mol. The van der Waals surface area contributed by atoms with Crippen molar-refractivity contribution in [3.05, 3.63) is 52.0 Å². The highest BCUT2D eigenvalue weighted by Crippen LogP contribution is 2.37. The van der Waals surface area contributed by atoms with Gasteiger partial charge in [-0.2, -0.15) is 0 Å². The topological polar surface area (TPSA) is 47.6 Å². The van der Waals surface area contributed by atoms with Gasteiger partial charge in [-0.05, 0) is 53.0 Å². The minimum absolute atomic E-state index is 0.194. The molecule has 1 N–H and O–H groups in total. The van der Waals surface area contributed by atoms with Crippen LogP contribution in [0.3, 0.4) is 0 Å². The number of nitrogens with one attached hydrogen (secondary N) is 1. The normalized spacial score (nSPS) is 10.3. The molecule has 0 bridgehead atoms. The molecule has 0 spiro atoms. The third-order valence-electron chi connectivity index (χ3n) is 3.34. The fraction of sp³-hybridized carbons (Fsp3) is 0.278. The number of anilines is 1. The van der Waals surface area contributed by atoms with Gasteiger partial charge in [0.2, 0.25) is 0 Å². The SMILES string of the molecule is CCCOc1c(Br)cc(C(=O)Nc2ccccc2C)cc1OC. The molecule has 0 radical (unpaired) electrons. The lowest BCUT2D eigenvalue weighted by Crippen LogP contribution is -2.13. The van der Waals surface area contributed by atoms with Crippen molar-refractivity contribution in [3.8, 4) is 11.5 Å². The molecule has 5 heteroatoms. The smallest absolute Gasteiger partial charge is 0.255 e. The maximum atomic E-state index is 12.5. The maximum absolute atomic E-state index is 12.5. The molecule has 0 heterocycles. The first-order valence-electron chi connectivity index (χ1n) is 7.44. The van der Waals surface area contributed by atoms with Crippen LogP contribution in [0, 0.1) is 6.92 Å². The lowest BCUT2D eigenvalue weighted by Gasteiger charge is -2.14. The molecule has 0 atom stereocenters. The van der Waals surface area contributed by atoms with Gasteiger partial charge in [0.25, 0.3) is 5.91 Å². The number of aryl methyl sites for hydroxylation is 1. The van der Waals surface area contributed by atoms with Crippen LogP contribution < -0.4 is 14.8 Å². The van der Waals surface area contributed by atoms with Crippen molar-refractivity contribution in [3.63, 3.8) is 0 Å². The maximum Gasteiger partial charge on any atom is 0.255 e. The lowest BCUT2D eigenvalue weighted by atomic mass is 10.1. The van der Waals surface area contributed by atoms with Crippen molar-refractivity contribution in [2.45, 2.75) is 20.3 Å². The van der Waals surface area contributed by atoms with Crippen LogP contribution in [0.15, 0.2) is 40.9 Å². The number of benzene rings is 2. The van der Waals surface area contributed by atoms with Crippen molar-refractivity contribution in [1.29, 1.82) is 0 Å². The van der Waals surface area contributed by atoms with Gasteiger partial charge in [0, 0.05) is 11.3 Å². The van der Waals surface area contributed by atoms with E-state index in [2.05, 4.69) is 21.2 Å². The fourth-order valence-electron chi connectivity index (χ4n) is 2.10. The molecule has 1 amide bonds. The minimum atomic E-state index is -0.194. The first kappa shape index (κ1) is 17.3. The van der Waals surface area contributed by atoms with Crippen LogP contribution in [0.2, 0.25) is 0 Å². The van der Waals surface area contributed by atoms with Crippen molar-refractivity contribution in [2.75, 3.05) is 19.0 Å². The molecule has 4 nitrogen and oxygen atoms in total. The Morgan fingerprint density at radius 2 is 2.00 bits per heavy atom. The molecule has 0 saturated carbocycles. The molecule has 0 saturated heterocycles. The van der Waals surface area contributed by atoms with E-state index in [1.165, 1.54) is 0 Å². The van der Waals surface area contributed by atoms with Crippen LogP contribution in [-0.4, -0.2) is 19.6 Å². The molecule has 0 aromatic heterocycles. The van der Waals surface area contributed by atoms with E-state index in [9.17, 15) is 4.79 Å². The van der Waals surface area contributed by atoms with E-state index in [4.69, 9.17) is 9.47 Å². The van der Waals surface area contributed by atoms with Gasteiger partial charge in [0.15, 0.2) is 11.5 Å². The van der Waals surface area contributed by atoms with E-state index in [0.29, 0.717) is 28.1 Å². The number of carbonyl (C=O) groups excluding carboxylic acids is 1. The number of carbonyl (C=O) groups is 1. The number of ether oxygens (including phenoxy) is 2. The molecule has 0 aliphatic heterocycles. The third-order valence-corrected chi connectivity index (χ3v) is 3.92. The van der Waals surface area contributed by atoms with E-state index in [1.54, 1.807) is 19.2 Å². The number of amides is 1. The predicted octanol–water partition coefficient (Wildman–Crippen LogP) is 4.81. The second-order valence-electron chi connectivity index (χ2n) is 5.11. The Morgan fingerprint density at radius 3 is 2.65 bits per heavy atom. The predicted molar refractivity (Wildman–Crippen MR) is 95.6 cm³/mol. The number of hydrogen-bond donors (Lipinski definition) is 1. The Bertz CT molecular complexity index is 701. The molecule has 2 aromatic carbocycles. The second kappa shape index (κ2) is 8.02. The summed E-state index contributed by atoms with van der Waals surface area (Å²) >= 11 is 3.45. The summed E-state index contributed by atoms with van der Waals surface area (Å²) < 4.78 is 11.7. The molecular weight excluding hydrogens is 358 g/mol. The first-order chi connectivity index (χ1) is 11.1. The zero-order valence-electron chi connectivity index (χ0n) is 13.5. The van der Waals surface area contributed by atoms with E-state index < -0.39 is 0 Å². The van der Waals surface area contributed by atoms with Gasteiger partial charge in [-0.1, -0.05) is 25.1 Å². The van der Waals surface area contributed by atoms with Gasteiger partial charge in [0.05, 0.1) is 18.2 Å². The van der Waals surface area contributed by atoms with Crippen molar-refractivity contribution in [1.82, 2.24) is 0 Å². The number of halogens is 1. The highest BCUT2D eigenvalue weighted by molar-refractivity contribution is 9.10. The van der Waals surface area contributed by atoms with Crippen LogP contribution >= 0.6 is 15.9 Å². The summed E-state index contributed by atoms with van der Waals surface area (Å²) in [6.07, 6.45) is 0.894. The second-order valence-corrected chi connectivity index (χ2v) is 5.96. The molecular formula is C18H20BrNO3. The lowest BCUT2D eigenvalue weighted by molar-refractivity contribution is 0.102. The van der Waals surface area contributed by atoms with Gasteiger partial charge in [-0.25, -0.2) is 0 Å². The van der Waals surface area contributed by atoms with E-state index in [1.807, 2.05) is 38.1 Å². The Labute approximate surface area is 144 Å². The Hall–Kier alpha value is -2.01. The van der Waals surface area contributed by atoms with Crippen LogP contribution in [0.5, 0.6) is 11.5 Å². The fourth-order valence-corrected chi connectivity index (χ4v) is 2.66. The van der Waals surface area contributed by atoms with Gasteiger partial charge < -0.3 is 14.8 Å². The molecule has 122 valence electrons. The summed E-state index contributed by atoms with van der Waals surface area (Å²) in [7, 11) is 1.56. The van der Waals surface area contributed by atoms with Gasteiger partial charge in [0.1, 0.15) is 0 Å². The van der Waals surface area contributed by atoms with E-state index in [0.717, 1.165) is 17.7 Å². The minimum Gasteiger partial charge on any atom is -0.493 e. The Kier molecular flexibility index (Phi) is 6.04. The van der Waals surface area contributed by atoms with Crippen LogP contribution in [0.1, 0.15) is 29.3 Å². The molecule has 0 fully saturated rings. The quantitative estimate of drug-likeness (QED) is 0.785. The summed E-state index contributed by atoms with van der Waals surface area (Å²) in [5, 5.41) is 2.91. The first-order valence-corrected chi connectivity index (χ1v) is 8.23. The largest absolute Gasteiger partial charge is 0.493 e.